The van der Waals surface area contributed by atoms with Crippen LogP contribution in [0.15, 0.2) is 45.5 Å². The van der Waals surface area contributed by atoms with E-state index in [1.807, 2.05) is 24.3 Å². The van der Waals surface area contributed by atoms with E-state index in [2.05, 4.69) is 26.9 Å². The normalized spacial score (nSPS) is 16.4. The summed E-state index contributed by atoms with van der Waals surface area (Å²) in [5.74, 6) is 0.964. The molecule has 0 radical (unpaired) electrons. The van der Waals surface area contributed by atoms with Gasteiger partial charge in [-0.2, -0.15) is 0 Å². The van der Waals surface area contributed by atoms with Gasteiger partial charge in [0, 0.05) is 28.1 Å². The van der Waals surface area contributed by atoms with Crippen molar-refractivity contribution in [2.24, 2.45) is 5.73 Å². The molecular weight excluding hydrogens is 352 g/mol. The zero-order valence-corrected chi connectivity index (χ0v) is 14.0. The van der Waals surface area contributed by atoms with Crippen molar-refractivity contribution in [2.75, 3.05) is 6.54 Å². The van der Waals surface area contributed by atoms with Crippen LogP contribution in [0.25, 0.3) is 0 Å². The van der Waals surface area contributed by atoms with Crippen molar-refractivity contribution >= 4 is 27.5 Å². The minimum Gasteiger partial charge on any atom is -0.468 e. The maximum atomic E-state index is 6.39. The summed E-state index contributed by atoms with van der Waals surface area (Å²) in [4.78, 5) is 2.41. The lowest BCUT2D eigenvalue weighted by atomic mass is 10.0. The third kappa shape index (κ3) is 3.51. The summed E-state index contributed by atoms with van der Waals surface area (Å²) in [6.07, 6.45) is 4.13. The maximum absolute atomic E-state index is 6.39. The fraction of sp³-hybridized carbons (Fsp3) is 0.375. The van der Waals surface area contributed by atoms with Crippen molar-refractivity contribution in [1.29, 1.82) is 0 Å². The van der Waals surface area contributed by atoms with Gasteiger partial charge >= 0.3 is 0 Å². The van der Waals surface area contributed by atoms with E-state index in [1.165, 1.54) is 12.8 Å². The van der Waals surface area contributed by atoms with Crippen molar-refractivity contribution in [3.05, 3.63) is 57.4 Å². The third-order valence-electron chi connectivity index (χ3n) is 3.88. The van der Waals surface area contributed by atoms with Crippen LogP contribution < -0.4 is 5.73 Å². The summed E-state index contributed by atoms with van der Waals surface area (Å²) in [7, 11) is 0. The Bertz CT molecular complexity index is 598. The SMILES string of the molecule is NCC(c1cc(Br)ccc1Cl)N(Cc1ccco1)C1CC1. The van der Waals surface area contributed by atoms with Crippen LogP contribution in [0.1, 0.15) is 30.2 Å². The van der Waals surface area contributed by atoms with Crippen LogP contribution in [-0.4, -0.2) is 17.5 Å². The van der Waals surface area contributed by atoms with Crippen molar-refractivity contribution in [3.8, 4) is 0 Å². The monoisotopic (exact) mass is 368 g/mol. The largest absolute Gasteiger partial charge is 0.468 e. The van der Waals surface area contributed by atoms with E-state index in [1.54, 1.807) is 6.26 Å². The molecule has 1 heterocycles. The van der Waals surface area contributed by atoms with Crippen molar-refractivity contribution in [1.82, 2.24) is 4.90 Å². The Hall–Kier alpha value is -0.810. The number of benzene rings is 1. The molecule has 1 aliphatic carbocycles. The highest BCUT2D eigenvalue weighted by Crippen LogP contribution is 2.38. The molecule has 1 aromatic heterocycles. The average molecular weight is 370 g/mol. The van der Waals surface area contributed by atoms with E-state index in [9.17, 15) is 0 Å². The highest BCUT2D eigenvalue weighted by Gasteiger charge is 2.35. The Kier molecular flexibility index (Phi) is 4.69. The van der Waals surface area contributed by atoms with E-state index < -0.39 is 0 Å². The van der Waals surface area contributed by atoms with Crippen LogP contribution in [0.5, 0.6) is 0 Å². The Balaban J connectivity index is 1.89. The van der Waals surface area contributed by atoms with Crippen LogP contribution in [0.4, 0.5) is 0 Å². The summed E-state index contributed by atoms with van der Waals surface area (Å²) < 4.78 is 6.52. The molecular formula is C16H18BrClN2O. The highest BCUT2D eigenvalue weighted by atomic mass is 79.9. The molecule has 5 heteroatoms. The molecule has 0 aliphatic heterocycles. The first-order valence-corrected chi connectivity index (χ1v) is 8.29. The lowest BCUT2D eigenvalue weighted by Gasteiger charge is -2.31. The predicted molar refractivity (Wildman–Crippen MR) is 88.2 cm³/mol. The summed E-state index contributed by atoms with van der Waals surface area (Å²) in [5.41, 5.74) is 7.15. The fourth-order valence-corrected chi connectivity index (χ4v) is 3.32. The van der Waals surface area contributed by atoms with Crippen LogP contribution in [0, 0.1) is 0 Å². The first kappa shape index (κ1) is 15.1. The maximum Gasteiger partial charge on any atom is 0.117 e. The lowest BCUT2D eigenvalue weighted by Crippen LogP contribution is -2.35. The van der Waals surface area contributed by atoms with E-state index >= 15 is 0 Å². The molecule has 1 unspecified atom stereocenters. The van der Waals surface area contributed by atoms with Gasteiger partial charge in [0.25, 0.3) is 0 Å². The Morgan fingerprint density at radius 1 is 1.38 bits per heavy atom. The number of furan rings is 1. The number of hydrogen-bond acceptors (Lipinski definition) is 3. The molecule has 1 aliphatic rings. The molecule has 2 N–H and O–H groups in total. The number of rotatable bonds is 6. The molecule has 0 spiro atoms. The highest BCUT2D eigenvalue weighted by molar-refractivity contribution is 9.10. The van der Waals surface area contributed by atoms with E-state index in [-0.39, 0.29) is 6.04 Å². The molecule has 21 heavy (non-hydrogen) atoms. The first-order valence-electron chi connectivity index (χ1n) is 7.12. The topological polar surface area (TPSA) is 42.4 Å². The quantitative estimate of drug-likeness (QED) is 0.822. The molecule has 1 saturated carbocycles. The number of nitrogens with two attached hydrogens (primary N) is 1. The molecule has 112 valence electrons. The van der Waals surface area contributed by atoms with Gasteiger partial charge < -0.3 is 10.2 Å². The number of nitrogens with zero attached hydrogens (tertiary/aromatic N) is 1. The lowest BCUT2D eigenvalue weighted by molar-refractivity contribution is 0.168. The Morgan fingerprint density at radius 2 is 2.19 bits per heavy atom. The molecule has 0 bridgehead atoms. The van der Waals surface area contributed by atoms with Gasteiger partial charge in [-0.05, 0) is 48.7 Å². The van der Waals surface area contributed by atoms with Gasteiger partial charge in [0.2, 0.25) is 0 Å². The van der Waals surface area contributed by atoms with E-state index in [4.69, 9.17) is 21.8 Å². The molecule has 3 nitrogen and oxygen atoms in total. The van der Waals surface area contributed by atoms with Gasteiger partial charge in [-0.15, -0.1) is 0 Å². The molecule has 2 aromatic rings. The van der Waals surface area contributed by atoms with Gasteiger partial charge in [-0.1, -0.05) is 27.5 Å². The van der Waals surface area contributed by atoms with E-state index in [0.29, 0.717) is 12.6 Å². The molecule has 3 rings (SSSR count). The van der Waals surface area contributed by atoms with Crippen molar-refractivity contribution < 1.29 is 4.42 Å². The minimum atomic E-state index is 0.104. The zero-order chi connectivity index (χ0) is 14.8. The second-order valence-electron chi connectivity index (χ2n) is 5.40. The molecule has 1 fully saturated rings. The number of hydrogen-bond donors (Lipinski definition) is 1. The van der Waals surface area contributed by atoms with Crippen LogP contribution in [0.3, 0.4) is 0 Å². The predicted octanol–water partition coefficient (Wildman–Crippen LogP) is 4.36. The summed E-state index contributed by atoms with van der Waals surface area (Å²) in [5, 5.41) is 0.763. The van der Waals surface area contributed by atoms with Crippen molar-refractivity contribution in [3.63, 3.8) is 0 Å². The van der Waals surface area contributed by atoms with Crippen LogP contribution in [0.2, 0.25) is 5.02 Å². The van der Waals surface area contributed by atoms with Gasteiger partial charge in [-0.3, -0.25) is 4.90 Å². The Labute approximate surface area is 138 Å². The third-order valence-corrected chi connectivity index (χ3v) is 4.71. The molecule has 1 aromatic carbocycles. The Morgan fingerprint density at radius 3 is 2.81 bits per heavy atom. The minimum absolute atomic E-state index is 0.104. The second-order valence-corrected chi connectivity index (χ2v) is 6.72. The standard InChI is InChI=1S/C16H18BrClN2O/c17-11-3-6-15(18)14(8-11)16(9-19)20(12-4-5-12)10-13-2-1-7-21-13/h1-3,6-8,12,16H,4-5,9-10,19H2. The first-order chi connectivity index (χ1) is 10.2. The second kappa shape index (κ2) is 6.53. The number of halogens is 2. The summed E-state index contributed by atoms with van der Waals surface area (Å²) in [6, 6.07) is 10.5. The van der Waals surface area contributed by atoms with E-state index in [0.717, 1.165) is 27.4 Å². The average Bonchev–Trinajstić information content (AvgIpc) is 3.19. The zero-order valence-electron chi connectivity index (χ0n) is 11.6. The molecule has 0 saturated heterocycles. The smallest absolute Gasteiger partial charge is 0.117 e. The van der Waals surface area contributed by atoms with Gasteiger partial charge in [0.1, 0.15) is 5.76 Å². The van der Waals surface area contributed by atoms with Gasteiger partial charge in [-0.25, -0.2) is 0 Å². The van der Waals surface area contributed by atoms with Crippen LogP contribution >= 0.6 is 27.5 Å². The fourth-order valence-electron chi connectivity index (χ4n) is 2.69. The molecule has 0 amide bonds. The van der Waals surface area contributed by atoms with Crippen molar-refractivity contribution in [2.45, 2.75) is 31.5 Å². The van der Waals surface area contributed by atoms with Crippen LogP contribution in [-0.2, 0) is 6.54 Å². The molecule has 1 atom stereocenters. The van der Waals surface area contributed by atoms with Gasteiger partial charge in [0.05, 0.1) is 12.8 Å². The summed E-state index contributed by atoms with van der Waals surface area (Å²) in [6.45, 7) is 1.30. The van der Waals surface area contributed by atoms with Gasteiger partial charge in [0.15, 0.2) is 0 Å². The summed E-state index contributed by atoms with van der Waals surface area (Å²) >= 11 is 9.91.